The standard InChI is InChI=1S/C19H22N4O3/c1-12-4-3-9-23(11-12)16-8-7-13(18(20)25)10-15(16)22-19(26)14-5-2-6-17(24)21-14/h2,5-8,10,12H,3-4,9,11H2,1H3,(H2,20,25)(H,21,24)(H,22,26)/t12-/m1/s1. The van der Waals surface area contributed by atoms with Gasteiger partial charge in [-0.2, -0.15) is 0 Å². The first-order valence-electron chi connectivity index (χ1n) is 8.63. The van der Waals surface area contributed by atoms with Crippen LogP contribution in [-0.2, 0) is 0 Å². The summed E-state index contributed by atoms with van der Waals surface area (Å²) in [6.07, 6.45) is 2.24. The summed E-state index contributed by atoms with van der Waals surface area (Å²) >= 11 is 0. The van der Waals surface area contributed by atoms with Crippen LogP contribution < -0.4 is 21.5 Å². The number of nitrogens with one attached hydrogen (secondary N) is 2. The van der Waals surface area contributed by atoms with E-state index >= 15 is 0 Å². The van der Waals surface area contributed by atoms with E-state index in [1.54, 1.807) is 12.1 Å². The molecule has 1 saturated heterocycles. The minimum absolute atomic E-state index is 0.153. The number of nitrogens with two attached hydrogens (primary N) is 1. The van der Waals surface area contributed by atoms with Gasteiger partial charge in [-0.25, -0.2) is 0 Å². The van der Waals surface area contributed by atoms with Crippen LogP contribution in [-0.4, -0.2) is 29.9 Å². The Kier molecular flexibility index (Phi) is 5.06. The van der Waals surface area contributed by atoms with Crippen molar-refractivity contribution in [3.63, 3.8) is 0 Å². The Morgan fingerprint density at radius 1 is 1.27 bits per heavy atom. The lowest BCUT2D eigenvalue weighted by Gasteiger charge is -2.34. The van der Waals surface area contributed by atoms with Crippen molar-refractivity contribution >= 4 is 23.2 Å². The molecule has 1 aliphatic rings. The number of carbonyl (C=O) groups is 2. The number of pyridine rings is 1. The van der Waals surface area contributed by atoms with Crippen LogP contribution in [0.3, 0.4) is 0 Å². The second-order valence-electron chi connectivity index (χ2n) is 6.67. The lowest BCUT2D eigenvalue weighted by molar-refractivity contribution is 0.0995. The normalized spacial score (nSPS) is 17.0. The van der Waals surface area contributed by atoms with Gasteiger partial charge in [0.2, 0.25) is 11.5 Å². The lowest BCUT2D eigenvalue weighted by Crippen LogP contribution is -2.35. The van der Waals surface area contributed by atoms with Crippen molar-refractivity contribution in [2.75, 3.05) is 23.3 Å². The van der Waals surface area contributed by atoms with Crippen LogP contribution in [0.1, 0.15) is 40.6 Å². The summed E-state index contributed by atoms with van der Waals surface area (Å²) < 4.78 is 0. The lowest BCUT2D eigenvalue weighted by atomic mass is 9.99. The molecular formula is C19H22N4O3. The summed E-state index contributed by atoms with van der Waals surface area (Å²) in [5, 5.41) is 2.80. The van der Waals surface area contributed by atoms with Crippen molar-refractivity contribution in [1.82, 2.24) is 4.98 Å². The summed E-state index contributed by atoms with van der Waals surface area (Å²) in [6, 6.07) is 9.43. The van der Waals surface area contributed by atoms with Crippen LogP contribution >= 0.6 is 0 Å². The van der Waals surface area contributed by atoms with Gasteiger partial charge in [0.05, 0.1) is 11.4 Å². The number of anilines is 2. The number of rotatable bonds is 4. The molecule has 0 saturated carbocycles. The zero-order chi connectivity index (χ0) is 18.7. The maximum Gasteiger partial charge on any atom is 0.272 e. The third-order valence-electron chi connectivity index (χ3n) is 4.54. The van der Waals surface area contributed by atoms with E-state index in [0.717, 1.165) is 25.2 Å². The van der Waals surface area contributed by atoms with E-state index in [1.807, 2.05) is 6.07 Å². The van der Waals surface area contributed by atoms with E-state index in [1.165, 1.54) is 24.6 Å². The van der Waals surface area contributed by atoms with Crippen LogP contribution in [0, 0.1) is 5.92 Å². The van der Waals surface area contributed by atoms with Gasteiger partial charge >= 0.3 is 0 Å². The largest absolute Gasteiger partial charge is 0.370 e. The Morgan fingerprint density at radius 3 is 2.77 bits per heavy atom. The quantitative estimate of drug-likeness (QED) is 0.780. The first-order chi connectivity index (χ1) is 12.4. The predicted molar refractivity (Wildman–Crippen MR) is 101 cm³/mol. The van der Waals surface area contributed by atoms with E-state index in [-0.39, 0.29) is 11.3 Å². The van der Waals surface area contributed by atoms with E-state index in [0.29, 0.717) is 17.2 Å². The van der Waals surface area contributed by atoms with Gasteiger partial charge in [-0.1, -0.05) is 13.0 Å². The number of hydrogen-bond acceptors (Lipinski definition) is 4. The highest BCUT2D eigenvalue weighted by molar-refractivity contribution is 6.06. The number of nitrogens with zero attached hydrogens (tertiary/aromatic N) is 1. The van der Waals surface area contributed by atoms with Crippen LogP contribution in [0.25, 0.3) is 0 Å². The SMILES string of the molecule is C[C@@H]1CCCN(c2ccc(C(N)=O)cc2NC(=O)c2cccc(=O)[nH]2)C1. The van der Waals surface area contributed by atoms with Gasteiger partial charge in [-0.3, -0.25) is 14.4 Å². The Morgan fingerprint density at radius 2 is 2.08 bits per heavy atom. The van der Waals surface area contributed by atoms with Crippen molar-refractivity contribution < 1.29 is 9.59 Å². The Hall–Kier alpha value is -3.09. The van der Waals surface area contributed by atoms with Crippen molar-refractivity contribution in [2.24, 2.45) is 11.7 Å². The molecule has 1 fully saturated rings. The van der Waals surface area contributed by atoms with E-state index in [4.69, 9.17) is 5.73 Å². The fraction of sp³-hybridized carbons (Fsp3) is 0.316. The number of piperidine rings is 1. The molecule has 7 nitrogen and oxygen atoms in total. The molecular weight excluding hydrogens is 332 g/mol. The average Bonchev–Trinajstić information content (AvgIpc) is 2.61. The van der Waals surface area contributed by atoms with Crippen LogP contribution in [0.15, 0.2) is 41.2 Å². The van der Waals surface area contributed by atoms with E-state index in [9.17, 15) is 14.4 Å². The molecule has 26 heavy (non-hydrogen) atoms. The molecule has 0 radical (unpaired) electrons. The molecule has 1 atom stereocenters. The Bertz CT molecular complexity index is 890. The van der Waals surface area contributed by atoms with Gasteiger partial charge in [0.1, 0.15) is 5.69 Å². The molecule has 1 aromatic carbocycles. The van der Waals surface area contributed by atoms with Crippen molar-refractivity contribution in [1.29, 1.82) is 0 Å². The van der Waals surface area contributed by atoms with Gasteiger partial charge in [-0.15, -0.1) is 0 Å². The Labute approximate surface area is 151 Å². The number of aromatic amines is 1. The maximum absolute atomic E-state index is 12.5. The number of hydrogen-bond donors (Lipinski definition) is 3. The van der Waals surface area contributed by atoms with E-state index < -0.39 is 11.8 Å². The number of primary amides is 1. The molecule has 0 bridgehead atoms. The van der Waals surface area contributed by atoms with Gasteiger partial charge in [0, 0.05) is 24.7 Å². The smallest absolute Gasteiger partial charge is 0.272 e. The summed E-state index contributed by atoms with van der Waals surface area (Å²) in [5.41, 5.74) is 6.84. The highest BCUT2D eigenvalue weighted by Gasteiger charge is 2.21. The molecule has 1 aromatic heterocycles. The molecule has 0 spiro atoms. The third kappa shape index (κ3) is 3.93. The number of benzene rings is 1. The maximum atomic E-state index is 12.5. The molecule has 1 aliphatic heterocycles. The third-order valence-corrected chi connectivity index (χ3v) is 4.54. The van der Waals surface area contributed by atoms with Crippen molar-refractivity contribution in [2.45, 2.75) is 19.8 Å². The topological polar surface area (TPSA) is 108 Å². The predicted octanol–water partition coefficient (Wildman–Crippen LogP) is 1.96. The highest BCUT2D eigenvalue weighted by atomic mass is 16.2. The van der Waals surface area contributed by atoms with Gasteiger partial charge in [-0.05, 0) is 43.0 Å². The molecule has 0 unspecified atom stereocenters. The fourth-order valence-corrected chi connectivity index (χ4v) is 3.24. The summed E-state index contributed by atoms with van der Waals surface area (Å²) in [5.74, 6) is -0.462. The summed E-state index contributed by atoms with van der Waals surface area (Å²) in [4.78, 5) is 40.2. The molecule has 2 aromatic rings. The number of amides is 2. The molecule has 2 heterocycles. The molecule has 0 aliphatic carbocycles. The minimum Gasteiger partial charge on any atom is -0.370 e. The van der Waals surface area contributed by atoms with Gasteiger partial charge in [0.15, 0.2) is 0 Å². The molecule has 3 rings (SSSR count). The van der Waals surface area contributed by atoms with Gasteiger partial charge < -0.3 is 20.9 Å². The summed E-state index contributed by atoms with van der Waals surface area (Å²) in [7, 11) is 0. The van der Waals surface area contributed by atoms with Crippen LogP contribution in [0.5, 0.6) is 0 Å². The second kappa shape index (κ2) is 7.43. The summed E-state index contributed by atoms with van der Waals surface area (Å²) in [6.45, 7) is 3.95. The highest BCUT2D eigenvalue weighted by Crippen LogP contribution is 2.31. The number of carbonyl (C=O) groups excluding carboxylic acids is 2. The zero-order valence-electron chi connectivity index (χ0n) is 14.6. The first kappa shape index (κ1) is 17.7. The van der Waals surface area contributed by atoms with Crippen LogP contribution in [0.2, 0.25) is 0 Å². The zero-order valence-corrected chi connectivity index (χ0v) is 14.6. The molecule has 4 N–H and O–H groups in total. The van der Waals surface area contributed by atoms with Gasteiger partial charge in [0.25, 0.3) is 5.91 Å². The molecule has 136 valence electrons. The fourth-order valence-electron chi connectivity index (χ4n) is 3.24. The average molecular weight is 354 g/mol. The number of H-pyrrole nitrogens is 1. The van der Waals surface area contributed by atoms with Crippen molar-refractivity contribution in [3.05, 3.63) is 58.0 Å². The first-order valence-corrected chi connectivity index (χ1v) is 8.63. The monoisotopic (exact) mass is 354 g/mol. The van der Waals surface area contributed by atoms with Crippen molar-refractivity contribution in [3.8, 4) is 0 Å². The Balaban J connectivity index is 1.94. The minimum atomic E-state index is -0.563. The van der Waals surface area contributed by atoms with Crippen LogP contribution in [0.4, 0.5) is 11.4 Å². The second-order valence-corrected chi connectivity index (χ2v) is 6.67. The number of aromatic nitrogens is 1. The molecule has 2 amide bonds. The van der Waals surface area contributed by atoms with E-state index in [2.05, 4.69) is 22.1 Å². The molecule has 7 heteroatoms.